The Bertz CT molecular complexity index is 720. The van der Waals surface area contributed by atoms with Crippen molar-refractivity contribution >= 4 is 11.0 Å². The summed E-state index contributed by atoms with van der Waals surface area (Å²) in [6.07, 6.45) is 1.74. The molecule has 0 unspecified atom stereocenters. The van der Waals surface area contributed by atoms with E-state index in [-0.39, 0.29) is 5.75 Å². The molecule has 3 aromatic rings. The third-order valence-electron chi connectivity index (χ3n) is 3.22. The molecule has 1 N–H and O–H groups in total. The highest BCUT2D eigenvalue weighted by molar-refractivity contribution is 5.84. The van der Waals surface area contributed by atoms with Gasteiger partial charge in [-0.05, 0) is 24.6 Å². The second kappa shape index (κ2) is 5.25. The lowest BCUT2D eigenvalue weighted by atomic mass is 10.2. The van der Waals surface area contributed by atoms with Crippen molar-refractivity contribution < 1.29 is 9.84 Å². The summed E-state index contributed by atoms with van der Waals surface area (Å²) in [6, 6.07) is 13.9. The first kappa shape index (κ1) is 12.5. The van der Waals surface area contributed by atoms with E-state index in [9.17, 15) is 5.11 Å². The van der Waals surface area contributed by atoms with Gasteiger partial charge in [0.15, 0.2) is 11.5 Å². The average Bonchev–Trinajstić information content (AvgIpc) is 2.87. The van der Waals surface area contributed by atoms with Crippen LogP contribution in [-0.2, 0) is 6.54 Å². The smallest absolute Gasteiger partial charge is 0.186 e. The van der Waals surface area contributed by atoms with Gasteiger partial charge in [-0.3, -0.25) is 0 Å². The summed E-state index contributed by atoms with van der Waals surface area (Å²) >= 11 is 0. The number of fused-ring (bicyclic) bond motifs is 1. The van der Waals surface area contributed by atoms with Crippen molar-refractivity contribution in [3.05, 3.63) is 54.4 Å². The molecule has 3 rings (SSSR count). The molecule has 0 aliphatic carbocycles. The molecule has 0 aliphatic heterocycles. The Labute approximate surface area is 117 Å². The third-order valence-corrected chi connectivity index (χ3v) is 3.22. The fraction of sp³-hybridized carbons (Fsp3) is 0.188. The molecule has 0 bridgehead atoms. The van der Waals surface area contributed by atoms with Crippen molar-refractivity contribution in [1.82, 2.24) is 9.55 Å². The molecule has 102 valence electrons. The van der Waals surface area contributed by atoms with Crippen LogP contribution >= 0.6 is 0 Å². The normalized spacial score (nSPS) is 10.8. The Hall–Kier alpha value is -2.49. The molecule has 0 fully saturated rings. The monoisotopic (exact) mass is 268 g/mol. The van der Waals surface area contributed by atoms with Crippen molar-refractivity contribution in [2.45, 2.75) is 13.5 Å². The van der Waals surface area contributed by atoms with Gasteiger partial charge in [-0.2, -0.15) is 0 Å². The van der Waals surface area contributed by atoms with Crippen LogP contribution in [0, 0.1) is 0 Å². The van der Waals surface area contributed by atoms with Crippen LogP contribution in [0.4, 0.5) is 0 Å². The second-order valence-corrected chi connectivity index (χ2v) is 4.57. The standard InChI is InChI=1S/C16H16N2O2/c1-2-20-14-9-8-13-15(16(14)19)17-11-18(13)10-12-6-4-3-5-7-12/h3-9,11,19H,2,10H2,1H3. The summed E-state index contributed by atoms with van der Waals surface area (Å²) in [6.45, 7) is 3.13. The zero-order valence-electron chi connectivity index (χ0n) is 11.3. The molecule has 0 spiro atoms. The van der Waals surface area contributed by atoms with Gasteiger partial charge in [0.25, 0.3) is 0 Å². The SMILES string of the molecule is CCOc1ccc2c(ncn2Cc2ccccc2)c1O. The number of aromatic nitrogens is 2. The van der Waals surface area contributed by atoms with E-state index in [1.165, 1.54) is 5.56 Å². The summed E-state index contributed by atoms with van der Waals surface area (Å²) in [5, 5.41) is 10.2. The third kappa shape index (κ3) is 2.20. The zero-order valence-corrected chi connectivity index (χ0v) is 11.3. The summed E-state index contributed by atoms with van der Waals surface area (Å²) in [7, 11) is 0. The van der Waals surface area contributed by atoms with Crippen LogP contribution in [0.25, 0.3) is 11.0 Å². The molecule has 2 aromatic carbocycles. The number of imidazole rings is 1. The van der Waals surface area contributed by atoms with E-state index in [0.29, 0.717) is 17.9 Å². The maximum Gasteiger partial charge on any atom is 0.186 e. The van der Waals surface area contributed by atoms with Crippen molar-refractivity contribution in [3.63, 3.8) is 0 Å². The van der Waals surface area contributed by atoms with E-state index >= 15 is 0 Å². The van der Waals surface area contributed by atoms with E-state index in [2.05, 4.69) is 17.1 Å². The Morgan fingerprint density at radius 2 is 1.95 bits per heavy atom. The lowest BCUT2D eigenvalue weighted by Gasteiger charge is -2.07. The highest BCUT2D eigenvalue weighted by Crippen LogP contribution is 2.33. The van der Waals surface area contributed by atoms with Gasteiger partial charge in [0.05, 0.1) is 18.5 Å². The molecular weight excluding hydrogens is 252 g/mol. The van der Waals surface area contributed by atoms with Crippen molar-refractivity contribution in [2.24, 2.45) is 0 Å². The maximum absolute atomic E-state index is 10.2. The van der Waals surface area contributed by atoms with Gasteiger partial charge in [-0.25, -0.2) is 4.98 Å². The Balaban J connectivity index is 2.00. The first-order valence-electron chi connectivity index (χ1n) is 6.63. The van der Waals surface area contributed by atoms with Crippen LogP contribution in [-0.4, -0.2) is 21.3 Å². The molecule has 4 nitrogen and oxygen atoms in total. The fourth-order valence-corrected chi connectivity index (χ4v) is 2.28. The molecule has 4 heteroatoms. The number of benzene rings is 2. The van der Waals surface area contributed by atoms with Gasteiger partial charge in [-0.1, -0.05) is 30.3 Å². The van der Waals surface area contributed by atoms with Crippen LogP contribution in [0.1, 0.15) is 12.5 Å². The molecule has 0 saturated carbocycles. The van der Waals surface area contributed by atoms with Crippen molar-refractivity contribution in [1.29, 1.82) is 0 Å². The predicted octanol–water partition coefficient (Wildman–Crippen LogP) is 3.19. The molecule has 0 saturated heterocycles. The predicted molar refractivity (Wildman–Crippen MR) is 78.1 cm³/mol. The number of phenolic OH excluding ortho intramolecular Hbond substituents is 1. The van der Waals surface area contributed by atoms with Crippen LogP contribution in [0.3, 0.4) is 0 Å². The van der Waals surface area contributed by atoms with Crippen molar-refractivity contribution in [3.8, 4) is 11.5 Å². The minimum atomic E-state index is 0.108. The van der Waals surface area contributed by atoms with Crippen LogP contribution in [0.15, 0.2) is 48.8 Å². The van der Waals surface area contributed by atoms with Crippen LogP contribution in [0.5, 0.6) is 11.5 Å². The fourth-order valence-electron chi connectivity index (χ4n) is 2.28. The Morgan fingerprint density at radius 3 is 2.70 bits per heavy atom. The minimum Gasteiger partial charge on any atom is -0.503 e. The number of phenols is 1. The van der Waals surface area contributed by atoms with E-state index in [0.717, 1.165) is 12.1 Å². The van der Waals surface area contributed by atoms with E-state index in [4.69, 9.17) is 4.74 Å². The number of rotatable bonds is 4. The summed E-state index contributed by atoms with van der Waals surface area (Å²) in [5.41, 5.74) is 2.67. The zero-order chi connectivity index (χ0) is 13.9. The lowest BCUT2D eigenvalue weighted by Crippen LogP contribution is -1.97. The topological polar surface area (TPSA) is 47.3 Å². The highest BCUT2D eigenvalue weighted by atomic mass is 16.5. The van der Waals surface area contributed by atoms with Gasteiger partial charge < -0.3 is 14.4 Å². The maximum atomic E-state index is 10.2. The minimum absolute atomic E-state index is 0.108. The molecule has 0 atom stereocenters. The average molecular weight is 268 g/mol. The van der Waals surface area contributed by atoms with E-state index in [1.807, 2.05) is 35.8 Å². The van der Waals surface area contributed by atoms with E-state index in [1.54, 1.807) is 12.4 Å². The van der Waals surface area contributed by atoms with Gasteiger partial charge in [-0.15, -0.1) is 0 Å². The van der Waals surface area contributed by atoms with Crippen LogP contribution < -0.4 is 4.74 Å². The molecule has 20 heavy (non-hydrogen) atoms. The summed E-state index contributed by atoms with van der Waals surface area (Å²) < 4.78 is 7.39. The Kier molecular flexibility index (Phi) is 3.29. The summed E-state index contributed by atoms with van der Waals surface area (Å²) in [4.78, 5) is 4.29. The molecule has 1 heterocycles. The number of hydrogen-bond acceptors (Lipinski definition) is 3. The molecule has 0 amide bonds. The van der Waals surface area contributed by atoms with Crippen molar-refractivity contribution in [2.75, 3.05) is 6.61 Å². The molecule has 0 radical (unpaired) electrons. The van der Waals surface area contributed by atoms with Crippen LogP contribution in [0.2, 0.25) is 0 Å². The number of nitrogens with zero attached hydrogens (tertiary/aromatic N) is 2. The van der Waals surface area contributed by atoms with Gasteiger partial charge >= 0.3 is 0 Å². The largest absolute Gasteiger partial charge is 0.503 e. The first-order valence-corrected chi connectivity index (χ1v) is 6.63. The number of ether oxygens (including phenoxy) is 1. The molecule has 0 aliphatic rings. The lowest BCUT2D eigenvalue weighted by molar-refractivity contribution is 0.319. The number of aromatic hydroxyl groups is 1. The quantitative estimate of drug-likeness (QED) is 0.790. The Morgan fingerprint density at radius 1 is 1.15 bits per heavy atom. The van der Waals surface area contributed by atoms with Gasteiger partial charge in [0, 0.05) is 6.54 Å². The van der Waals surface area contributed by atoms with Gasteiger partial charge in [0.2, 0.25) is 0 Å². The number of hydrogen-bond donors (Lipinski definition) is 1. The second-order valence-electron chi connectivity index (χ2n) is 4.57. The van der Waals surface area contributed by atoms with E-state index < -0.39 is 0 Å². The summed E-state index contributed by atoms with van der Waals surface area (Å²) in [5.74, 6) is 0.584. The molecular formula is C16H16N2O2. The molecule has 1 aromatic heterocycles. The highest BCUT2D eigenvalue weighted by Gasteiger charge is 2.12. The first-order chi connectivity index (χ1) is 9.79. The van der Waals surface area contributed by atoms with Gasteiger partial charge in [0.1, 0.15) is 5.52 Å².